The van der Waals surface area contributed by atoms with E-state index in [4.69, 9.17) is 9.84 Å². The number of carbonyl (C=O) groups is 3. The van der Waals surface area contributed by atoms with Gasteiger partial charge in [-0.3, -0.25) is 9.59 Å². The summed E-state index contributed by atoms with van der Waals surface area (Å²) in [6, 6.07) is 7.52. The van der Waals surface area contributed by atoms with Gasteiger partial charge in [0.1, 0.15) is 11.4 Å². The minimum absolute atomic E-state index is 0.00417. The number of hydrogen-bond acceptors (Lipinski definition) is 6. The van der Waals surface area contributed by atoms with E-state index in [-0.39, 0.29) is 30.8 Å². The van der Waals surface area contributed by atoms with Crippen molar-refractivity contribution in [3.8, 4) is 0 Å². The summed E-state index contributed by atoms with van der Waals surface area (Å²) in [4.78, 5) is 38.5. The summed E-state index contributed by atoms with van der Waals surface area (Å²) >= 11 is 0. The molecule has 0 amide bonds. The van der Waals surface area contributed by atoms with E-state index in [1.54, 1.807) is 58.2 Å². The van der Waals surface area contributed by atoms with Crippen LogP contribution in [0.3, 0.4) is 0 Å². The quantitative estimate of drug-likeness (QED) is 0.427. The van der Waals surface area contributed by atoms with E-state index in [2.05, 4.69) is 5.32 Å². The van der Waals surface area contributed by atoms with Crippen LogP contribution in [-0.2, 0) is 27.2 Å². The monoisotopic (exact) mass is 479 g/mol. The molecule has 0 unspecified atom stereocenters. The van der Waals surface area contributed by atoms with Crippen LogP contribution < -0.4 is 5.32 Å². The first kappa shape index (κ1) is 26.0. The van der Waals surface area contributed by atoms with Crippen molar-refractivity contribution in [1.82, 2.24) is 0 Å². The van der Waals surface area contributed by atoms with Crippen molar-refractivity contribution in [2.24, 2.45) is 0 Å². The zero-order valence-electron chi connectivity index (χ0n) is 20.4. The molecule has 2 aromatic rings. The van der Waals surface area contributed by atoms with Gasteiger partial charge in [-0.05, 0) is 79.8 Å². The van der Waals surface area contributed by atoms with Gasteiger partial charge in [0.05, 0.1) is 11.1 Å². The third kappa shape index (κ3) is 6.51. The predicted octanol–water partition coefficient (Wildman–Crippen LogP) is 4.54. The molecule has 7 heteroatoms. The number of anilines is 1. The second-order valence-corrected chi connectivity index (χ2v) is 9.36. The SMILES string of the molecule is CNc1cc(F)cc2c1CC(=O)C(C(=O)Cc1ccc(C(=O)OC(C)(C)C)cc1/C=C/CCO)=C2. The van der Waals surface area contributed by atoms with Gasteiger partial charge >= 0.3 is 5.97 Å². The number of rotatable bonds is 8. The summed E-state index contributed by atoms with van der Waals surface area (Å²) in [6.45, 7) is 5.29. The molecule has 0 atom stereocenters. The molecule has 35 heavy (non-hydrogen) atoms. The number of nitrogens with one attached hydrogen (secondary N) is 1. The van der Waals surface area contributed by atoms with Crippen molar-refractivity contribution in [2.45, 2.75) is 45.6 Å². The van der Waals surface area contributed by atoms with Crippen LogP contribution in [-0.4, -0.2) is 41.9 Å². The van der Waals surface area contributed by atoms with Crippen LogP contribution in [0.25, 0.3) is 12.2 Å². The first-order chi connectivity index (χ1) is 16.5. The summed E-state index contributed by atoms with van der Waals surface area (Å²) in [5.41, 5.74) is 2.60. The Bertz CT molecular complexity index is 1220. The Morgan fingerprint density at radius 1 is 1.20 bits per heavy atom. The van der Waals surface area contributed by atoms with Crippen LogP contribution in [0, 0.1) is 5.82 Å². The number of ketones is 2. The van der Waals surface area contributed by atoms with E-state index in [0.29, 0.717) is 39.9 Å². The highest BCUT2D eigenvalue weighted by Crippen LogP contribution is 2.30. The van der Waals surface area contributed by atoms with Crippen LogP contribution in [0.15, 0.2) is 42.0 Å². The molecule has 3 rings (SSSR count). The maximum absolute atomic E-state index is 14.0. The van der Waals surface area contributed by atoms with E-state index in [0.717, 1.165) is 0 Å². The van der Waals surface area contributed by atoms with Gasteiger partial charge in [0.2, 0.25) is 0 Å². The fraction of sp³-hybridized carbons (Fsp3) is 0.321. The molecule has 0 aliphatic heterocycles. The average molecular weight is 480 g/mol. The molecule has 0 saturated carbocycles. The zero-order chi connectivity index (χ0) is 25.8. The summed E-state index contributed by atoms with van der Waals surface area (Å²) in [5.74, 6) is -1.66. The highest BCUT2D eigenvalue weighted by molar-refractivity contribution is 6.25. The Hall–Kier alpha value is -3.58. The number of allylic oxidation sites excluding steroid dienone is 1. The Morgan fingerprint density at radius 2 is 1.94 bits per heavy atom. The van der Waals surface area contributed by atoms with Gasteiger partial charge in [-0.2, -0.15) is 0 Å². The number of esters is 1. The lowest BCUT2D eigenvalue weighted by molar-refractivity contribution is -0.120. The van der Waals surface area contributed by atoms with Crippen LogP contribution in [0.1, 0.15) is 59.8 Å². The van der Waals surface area contributed by atoms with E-state index >= 15 is 0 Å². The van der Waals surface area contributed by atoms with Crippen LogP contribution in [0.2, 0.25) is 0 Å². The molecule has 0 fully saturated rings. The molecule has 0 aromatic heterocycles. The van der Waals surface area contributed by atoms with E-state index in [1.807, 2.05) is 0 Å². The number of benzene rings is 2. The molecule has 0 spiro atoms. The number of aliphatic hydroxyl groups excluding tert-OH is 1. The number of halogens is 1. The van der Waals surface area contributed by atoms with Gasteiger partial charge in [0.15, 0.2) is 11.6 Å². The summed E-state index contributed by atoms with van der Waals surface area (Å²) in [6.07, 6.45) is 5.26. The molecule has 2 aromatic carbocycles. The first-order valence-corrected chi connectivity index (χ1v) is 11.4. The fourth-order valence-electron chi connectivity index (χ4n) is 3.86. The van der Waals surface area contributed by atoms with Crippen LogP contribution in [0.5, 0.6) is 0 Å². The molecule has 2 N–H and O–H groups in total. The van der Waals surface area contributed by atoms with Crippen molar-refractivity contribution in [1.29, 1.82) is 0 Å². The van der Waals surface area contributed by atoms with E-state index in [1.165, 1.54) is 18.2 Å². The predicted molar refractivity (Wildman–Crippen MR) is 134 cm³/mol. The first-order valence-electron chi connectivity index (χ1n) is 11.4. The summed E-state index contributed by atoms with van der Waals surface area (Å²) in [5, 5.41) is 12.0. The number of fused-ring (bicyclic) bond motifs is 1. The highest BCUT2D eigenvalue weighted by Gasteiger charge is 2.27. The van der Waals surface area contributed by atoms with Crippen molar-refractivity contribution < 1.29 is 28.6 Å². The number of ether oxygens (including phenoxy) is 1. The zero-order valence-corrected chi connectivity index (χ0v) is 20.4. The van der Waals surface area contributed by atoms with Gasteiger partial charge in [-0.1, -0.05) is 18.2 Å². The fourth-order valence-corrected chi connectivity index (χ4v) is 3.86. The number of hydrogen-bond donors (Lipinski definition) is 2. The second kappa shape index (κ2) is 10.8. The molecule has 0 saturated heterocycles. The molecular formula is C28H30FNO5. The molecule has 6 nitrogen and oxygen atoms in total. The lowest BCUT2D eigenvalue weighted by atomic mass is 9.86. The van der Waals surface area contributed by atoms with Crippen molar-refractivity contribution in [3.05, 3.63) is 75.6 Å². The molecule has 0 heterocycles. The third-order valence-corrected chi connectivity index (χ3v) is 5.48. The van der Waals surface area contributed by atoms with Crippen molar-refractivity contribution >= 4 is 35.4 Å². The molecule has 0 bridgehead atoms. The topological polar surface area (TPSA) is 92.7 Å². The molecular weight excluding hydrogens is 449 g/mol. The van der Waals surface area contributed by atoms with Gasteiger partial charge < -0.3 is 15.2 Å². The maximum Gasteiger partial charge on any atom is 0.338 e. The minimum atomic E-state index is -0.657. The summed E-state index contributed by atoms with van der Waals surface area (Å²) in [7, 11) is 1.65. The Labute approximate surface area is 204 Å². The number of Topliss-reactive ketones (excluding diaryl/α,β-unsaturated/α-hetero) is 2. The average Bonchev–Trinajstić information content (AvgIpc) is 2.78. The van der Waals surface area contributed by atoms with Crippen LogP contribution >= 0.6 is 0 Å². The number of aliphatic hydroxyl groups is 1. The molecule has 1 aliphatic carbocycles. The van der Waals surface area contributed by atoms with Gasteiger partial charge in [0, 0.05) is 32.2 Å². The summed E-state index contributed by atoms with van der Waals surface area (Å²) < 4.78 is 19.5. The molecule has 0 radical (unpaired) electrons. The highest BCUT2D eigenvalue weighted by atomic mass is 19.1. The van der Waals surface area contributed by atoms with E-state index < -0.39 is 23.2 Å². The smallest absolute Gasteiger partial charge is 0.338 e. The largest absolute Gasteiger partial charge is 0.456 e. The van der Waals surface area contributed by atoms with Gasteiger partial charge in [-0.25, -0.2) is 9.18 Å². The standard InChI is InChI=1S/C28H30FNO5/c1-28(2,3)35-27(34)19-9-8-18(17(11-19)7-5-6-10-31)14-25(32)23-13-20-12-21(29)15-24(30-4)22(20)16-26(23)33/h5,7-9,11-13,15,30-31H,6,10,14,16H2,1-4H3/b7-5+. The molecule has 184 valence electrons. The Balaban J connectivity index is 1.93. The minimum Gasteiger partial charge on any atom is -0.456 e. The Morgan fingerprint density at radius 3 is 2.60 bits per heavy atom. The maximum atomic E-state index is 14.0. The second-order valence-electron chi connectivity index (χ2n) is 9.36. The lowest BCUT2D eigenvalue weighted by Gasteiger charge is -2.20. The van der Waals surface area contributed by atoms with Gasteiger partial charge in [0.25, 0.3) is 0 Å². The van der Waals surface area contributed by atoms with Gasteiger partial charge in [-0.15, -0.1) is 0 Å². The van der Waals surface area contributed by atoms with E-state index in [9.17, 15) is 18.8 Å². The Kier molecular flexibility index (Phi) is 8.02. The lowest BCUT2D eigenvalue weighted by Crippen LogP contribution is -2.24. The van der Waals surface area contributed by atoms with Crippen LogP contribution in [0.4, 0.5) is 10.1 Å². The normalized spacial score (nSPS) is 13.4. The van der Waals surface area contributed by atoms with Crippen molar-refractivity contribution in [2.75, 3.05) is 19.0 Å². The molecule has 1 aliphatic rings. The number of carbonyl (C=O) groups excluding carboxylic acids is 3. The third-order valence-electron chi connectivity index (χ3n) is 5.48. The van der Waals surface area contributed by atoms with Crippen molar-refractivity contribution in [3.63, 3.8) is 0 Å².